The summed E-state index contributed by atoms with van der Waals surface area (Å²) in [7, 11) is 0. The predicted molar refractivity (Wildman–Crippen MR) is 123 cm³/mol. The number of aryl methyl sites for hydroxylation is 1. The highest BCUT2D eigenvalue weighted by Crippen LogP contribution is 2.29. The molecule has 1 aliphatic heterocycles. The van der Waals surface area contributed by atoms with Gasteiger partial charge in [0.2, 0.25) is 11.8 Å². The lowest BCUT2D eigenvalue weighted by Gasteiger charge is -2.36. The fourth-order valence-corrected chi connectivity index (χ4v) is 4.59. The molecular weight excluding hydrogens is 390 g/mol. The fraction of sp³-hybridized carbons (Fsp3) is 0.520. The maximum Gasteiger partial charge on any atom is 0.227 e. The average Bonchev–Trinajstić information content (AvgIpc) is 2.74. The van der Waals surface area contributed by atoms with Crippen molar-refractivity contribution in [2.24, 2.45) is 5.92 Å². The number of hydrogen-bond donors (Lipinski definition) is 1. The van der Waals surface area contributed by atoms with E-state index in [0.717, 1.165) is 50.2 Å². The lowest BCUT2D eigenvalue weighted by Crippen LogP contribution is -2.45. The Bertz CT molecular complexity index is 868. The van der Waals surface area contributed by atoms with Gasteiger partial charge in [0, 0.05) is 42.1 Å². The molecule has 31 heavy (non-hydrogen) atoms. The van der Waals surface area contributed by atoms with Crippen LogP contribution >= 0.6 is 0 Å². The van der Waals surface area contributed by atoms with Crippen molar-refractivity contribution in [3.05, 3.63) is 48.2 Å². The molecule has 0 radical (unpaired) electrons. The average molecular weight is 424 g/mol. The first-order valence-electron chi connectivity index (χ1n) is 11.4. The van der Waals surface area contributed by atoms with Crippen LogP contribution in [0.3, 0.4) is 0 Å². The molecule has 1 aromatic heterocycles. The number of carbonyl (C=O) groups is 1. The molecule has 0 bridgehead atoms. The molecule has 4 rings (SSSR count). The highest BCUT2D eigenvalue weighted by molar-refractivity contribution is 5.92. The third-order valence-electron chi connectivity index (χ3n) is 6.11. The second-order valence-corrected chi connectivity index (χ2v) is 8.91. The Morgan fingerprint density at radius 2 is 1.71 bits per heavy atom. The Kier molecular flexibility index (Phi) is 6.76. The van der Waals surface area contributed by atoms with Crippen molar-refractivity contribution in [1.82, 2.24) is 4.98 Å². The van der Waals surface area contributed by atoms with Gasteiger partial charge in [0.1, 0.15) is 6.10 Å². The van der Waals surface area contributed by atoms with Crippen molar-refractivity contribution in [2.75, 3.05) is 23.3 Å². The molecule has 2 heterocycles. The van der Waals surface area contributed by atoms with Gasteiger partial charge < -0.3 is 19.7 Å². The molecule has 1 aliphatic carbocycles. The summed E-state index contributed by atoms with van der Waals surface area (Å²) in [6.07, 6.45) is 4.01. The smallest absolute Gasteiger partial charge is 0.227 e. The first-order valence-corrected chi connectivity index (χ1v) is 11.4. The van der Waals surface area contributed by atoms with E-state index in [1.54, 1.807) is 0 Å². The van der Waals surface area contributed by atoms with Gasteiger partial charge in [0.15, 0.2) is 0 Å². The first-order chi connectivity index (χ1) is 15.0. The molecule has 6 heteroatoms. The lowest BCUT2D eigenvalue weighted by molar-refractivity contribution is -0.121. The van der Waals surface area contributed by atoms with Gasteiger partial charge in [-0.05, 0) is 76.8 Å². The molecule has 1 N–H and O–H groups in total. The van der Waals surface area contributed by atoms with Gasteiger partial charge in [-0.15, -0.1) is 0 Å². The van der Waals surface area contributed by atoms with Gasteiger partial charge in [-0.1, -0.05) is 6.07 Å². The zero-order chi connectivity index (χ0) is 21.8. The molecule has 2 aromatic rings. The van der Waals surface area contributed by atoms with Crippen LogP contribution in [0.4, 0.5) is 11.4 Å². The zero-order valence-electron chi connectivity index (χ0n) is 18.7. The second-order valence-electron chi connectivity index (χ2n) is 8.91. The number of rotatable bonds is 5. The molecule has 0 spiro atoms. The topological polar surface area (TPSA) is 63.7 Å². The number of pyridine rings is 1. The van der Waals surface area contributed by atoms with Crippen molar-refractivity contribution >= 4 is 17.3 Å². The monoisotopic (exact) mass is 423 g/mol. The Balaban J connectivity index is 1.26. The third-order valence-corrected chi connectivity index (χ3v) is 6.11. The Morgan fingerprint density at radius 3 is 2.35 bits per heavy atom. The van der Waals surface area contributed by atoms with Gasteiger partial charge in [-0.25, -0.2) is 4.98 Å². The van der Waals surface area contributed by atoms with Crippen LogP contribution in [0.1, 0.15) is 45.2 Å². The van der Waals surface area contributed by atoms with Crippen LogP contribution in [0, 0.1) is 12.8 Å². The number of ether oxygens (including phenoxy) is 2. The largest absolute Gasteiger partial charge is 0.474 e. The maximum atomic E-state index is 12.8. The summed E-state index contributed by atoms with van der Waals surface area (Å²) in [5, 5.41) is 3.10. The second kappa shape index (κ2) is 9.69. The summed E-state index contributed by atoms with van der Waals surface area (Å²) < 4.78 is 11.8. The van der Waals surface area contributed by atoms with Crippen LogP contribution in [-0.4, -0.2) is 42.3 Å². The minimum atomic E-state index is 0.0333. The zero-order valence-corrected chi connectivity index (χ0v) is 18.7. The van der Waals surface area contributed by atoms with E-state index < -0.39 is 0 Å². The highest BCUT2D eigenvalue weighted by atomic mass is 16.5. The molecular formula is C25H33N3O3. The number of morpholine rings is 1. The standard InChI is InChI=1S/C25H33N3O3/c1-17-5-4-6-24(26-17)31-23-13-7-20(8-14-23)25(29)27-21-9-11-22(12-10-21)28-15-18(2)30-19(3)16-28/h4-6,9-12,18-20,23H,7-8,13-16H2,1-3H3,(H,27,29)/t18-,19+,20-,23+. The van der Waals surface area contributed by atoms with E-state index >= 15 is 0 Å². The van der Waals surface area contributed by atoms with Crippen molar-refractivity contribution < 1.29 is 14.3 Å². The van der Waals surface area contributed by atoms with Crippen LogP contribution in [0.25, 0.3) is 0 Å². The van der Waals surface area contributed by atoms with E-state index in [0.29, 0.717) is 5.88 Å². The predicted octanol–water partition coefficient (Wildman–Crippen LogP) is 4.58. The summed E-state index contributed by atoms with van der Waals surface area (Å²) >= 11 is 0. The van der Waals surface area contributed by atoms with Crippen molar-refractivity contribution in [3.8, 4) is 5.88 Å². The number of carbonyl (C=O) groups excluding carboxylic acids is 1. The minimum absolute atomic E-state index is 0.0333. The number of amides is 1. The molecule has 1 aromatic carbocycles. The van der Waals surface area contributed by atoms with E-state index in [-0.39, 0.29) is 30.1 Å². The number of hydrogen-bond acceptors (Lipinski definition) is 5. The van der Waals surface area contributed by atoms with Crippen LogP contribution < -0.4 is 15.0 Å². The van der Waals surface area contributed by atoms with E-state index in [1.807, 2.05) is 37.3 Å². The highest BCUT2D eigenvalue weighted by Gasteiger charge is 2.28. The minimum Gasteiger partial charge on any atom is -0.474 e. The van der Waals surface area contributed by atoms with Crippen LogP contribution in [0.2, 0.25) is 0 Å². The summed E-state index contributed by atoms with van der Waals surface area (Å²) in [6.45, 7) is 7.95. The van der Waals surface area contributed by atoms with Crippen molar-refractivity contribution in [3.63, 3.8) is 0 Å². The molecule has 1 amide bonds. The van der Waals surface area contributed by atoms with Crippen molar-refractivity contribution in [1.29, 1.82) is 0 Å². The summed E-state index contributed by atoms with van der Waals surface area (Å²) in [5.74, 6) is 0.816. The van der Waals surface area contributed by atoms with Crippen LogP contribution in [0.15, 0.2) is 42.5 Å². The SMILES string of the molecule is Cc1cccc(O[C@H]2CC[C@@H](C(=O)Nc3ccc(N4C[C@@H](C)O[C@@H](C)C4)cc3)CC2)n1. The molecule has 1 saturated carbocycles. The van der Waals surface area contributed by atoms with Crippen LogP contribution in [0.5, 0.6) is 5.88 Å². The quantitative estimate of drug-likeness (QED) is 0.763. The molecule has 6 nitrogen and oxygen atoms in total. The maximum absolute atomic E-state index is 12.8. The summed E-state index contributed by atoms with van der Waals surface area (Å²) in [5.41, 5.74) is 2.97. The number of nitrogens with one attached hydrogen (secondary N) is 1. The lowest BCUT2D eigenvalue weighted by atomic mass is 9.86. The summed E-state index contributed by atoms with van der Waals surface area (Å²) in [4.78, 5) is 19.5. The molecule has 2 atom stereocenters. The van der Waals surface area contributed by atoms with Gasteiger partial charge >= 0.3 is 0 Å². The van der Waals surface area contributed by atoms with E-state index in [9.17, 15) is 4.79 Å². The van der Waals surface area contributed by atoms with E-state index in [1.165, 1.54) is 5.69 Å². The van der Waals surface area contributed by atoms with Gasteiger partial charge in [0.05, 0.1) is 12.2 Å². The van der Waals surface area contributed by atoms with E-state index in [4.69, 9.17) is 9.47 Å². The Labute approximate surface area is 185 Å². The van der Waals surface area contributed by atoms with Gasteiger partial charge in [-0.3, -0.25) is 4.79 Å². The van der Waals surface area contributed by atoms with Crippen LogP contribution in [-0.2, 0) is 9.53 Å². The summed E-state index contributed by atoms with van der Waals surface area (Å²) in [6, 6.07) is 14.0. The first kappa shape index (κ1) is 21.6. The number of benzene rings is 1. The van der Waals surface area contributed by atoms with Gasteiger partial charge in [-0.2, -0.15) is 0 Å². The van der Waals surface area contributed by atoms with E-state index in [2.05, 4.69) is 41.2 Å². The molecule has 1 saturated heterocycles. The molecule has 166 valence electrons. The number of aromatic nitrogens is 1. The molecule has 0 unspecified atom stereocenters. The third kappa shape index (κ3) is 5.76. The molecule has 2 fully saturated rings. The number of anilines is 2. The normalized spacial score (nSPS) is 26.4. The fourth-order valence-electron chi connectivity index (χ4n) is 4.59. The van der Waals surface area contributed by atoms with Crippen molar-refractivity contribution in [2.45, 2.75) is 64.8 Å². The van der Waals surface area contributed by atoms with Gasteiger partial charge in [0.25, 0.3) is 0 Å². The Hall–Kier alpha value is -2.60. The Morgan fingerprint density at radius 1 is 1.03 bits per heavy atom. The number of nitrogens with zero attached hydrogens (tertiary/aromatic N) is 2. The molecule has 2 aliphatic rings.